The molecule has 3 heterocycles. The number of ether oxygens (including phenoxy) is 1. The maximum absolute atomic E-state index is 9.11. The summed E-state index contributed by atoms with van der Waals surface area (Å²) in [6, 6.07) is 6.36. The number of fused-ring (bicyclic) bond motifs is 1. The minimum atomic E-state index is 0.165. The number of aryl methyl sites for hydroxylation is 2. The van der Waals surface area contributed by atoms with E-state index in [2.05, 4.69) is 20.0 Å². The fraction of sp³-hybridized carbons (Fsp3) is 0.550. The third-order valence-corrected chi connectivity index (χ3v) is 5.23. The van der Waals surface area contributed by atoms with Crippen LogP contribution in [0.5, 0.6) is 5.75 Å². The third-order valence-electron chi connectivity index (χ3n) is 5.23. The summed E-state index contributed by atoms with van der Waals surface area (Å²) in [7, 11) is 1.65. The average Bonchev–Trinajstić information content (AvgIpc) is 3.29. The molecule has 0 bridgehead atoms. The number of nitrogens with zero attached hydrogens (tertiary/aromatic N) is 5. The molecule has 1 atom stereocenters. The number of oxazole rings is 1. The molecule has 0 spiro atoms. The number of hydrogen-bond donors (Lipinski definition) is 1. The highest BCUT2D eigenvalue weighted by Gasteiger charge is 2.25. The van der Waals surface area contributed by atoms with E-state index in [9.17, 15) is 0 Å². The van der Waals surface area contributed by atoms with Gasteiger partial charge in [0.05, 0.1) is 7.11 Å². The van der Waals surface area contributed by atoms with Crippen LogP contribution in [0.1, 0.15) is 30.9 Å². The zero-order chi connectivity index (χ0) is 19.5. The Labute approximate surface area is 164 Å². The quantitative estimate of drug-likeness (QED) is 0.668. The second-order valence-electron chi connectivity index (χ2n) is 7.36. The van der Waals surface area contributed by atoms with Gasteiger partial charge in [0.1, 0.15) is 22.9 Å². The molecule has 3 aromatic rings. The molecule has 28 heavy (non-hydrogen) atoms. The summed E-state index contributed by atoms with van der Waals surface area (Å²) in [5.74, 6) is 3.03. The van der Waals surface area contributed by atoms with Crippen LogP contribution >= 0.6 is 0 Å². The Morgan fingerprint density at radius 1 is 1.32 bits per heavy atom. The molecule has 1 N–H and O–H groups in total. The Morgan fingerprint density at radius 2 is 2.21 bits per heavy atom. The van der Waals surface area contributed by atoms with Gasteiger partial charge in [-0.05, 0) is 44.2 Å². The van der Waals surface area contributed by atoms with E-state index >= 15 is 0 Å². The lowest BCUT2D eigenvalue weighted by atomic mass is 9.94. The molecular weight excluding hydrogens is 358 g/mol. The molecule has 1 aromatic carbocycles. The Balaban J connectivity index is 1.47. The molecule has 8 nitrogen and oxygen atoms in total. The van der Waals surface area contributed by atoms with Crippen molar-refractivity contribution in [1.82, 2.24) is 19.7 Å². The summed E-state index contributed by atoms with van der Waals surface area (Å²) in [6.45, 7) is 4.61. The van der Waals surface area contributed by atoms with E-state index in [0.717, 1.165) is 60.9 Å². The highest BCUT2D eigenvalue weighted by molar-refractivity contribution is 5.76. The molecule has 0 amide bonds. The summed E-state index contributed by atoms with van der Waals surface area (Å²) in [6.07, 6.45) is 3.81. The SMILES string of the molecule is COc1ccc2oc(N3CCCC(Cc4nc(C)nn4CCCO)C3)nc2c1. The lowest BCUT2D eigenvalue weighted by Gasteiger charge is -2.31. The van der Waals surface area contributed by atoms with Gasteiger partial charge in [0, 0.05) is 38.7 Å². The van der Waals surface area contributed by atoms with Crippen LogP contribution in [0.4, 0.5) is 6.01 Å². The number of piperidine rings is 1. The van der Waals surface area contributed by atoms with Crippen LogP contribution in [0.3, 0.4) is 0 Å². The summed E-state index contributed by atoms with van der Waals surface area (Å²) in [4.78, 5) is 11.5. The smallest absolute Gasteiger partial charge is 0.298 e. The molecule has 8 heteroatoms. The predicted octanol–water partition coefficient (Wildman–Crippen LogP) is 2.58. The van der Waals surface area contributed by atoms with Gasteiger partial charge in [-0.25, -0.2) is 9.67 Å². The van der Waals surface area contributed by atoms with E-state index in [1.165, 1.54) is 0 Å². The van der Waals surface area contributed by atoms with Crippen molar-refractivity contribution in [3.63, 3.8) is 0 Å². The normalized spacial score (nSPS) is 17.4. The first kappa shape index (κ1) is 18.7. The first-order valence-corrected chi connectivity index (χ1v) is 9.87. The van der Waals surface area contributed by atoms with E-state index in [1.54, 1.807) is 7.11 Å². The van der Waals surface area contributed by atoms with Crippen molar-refractivity contribution in [2.24, 2.45) is 5.92 Å². The van der Waals surface area contributed by atoms with Gasteiger partial charge >= 0.3 is 0 Å². The lowest BCUT2D eigenvalue weighted by molar-refractivity contribution is 0.275. The Bertz CT molecular complexity index is 935. The summed E-state index contributed by atoms with van der Waals surface area (Å²) in [5.41, 5.74) is 1.59. The standard InChI is InChI=1S/C20H27N5O3/c1-14-21-19(25(23-14)9-4-10-26)11-15-5-3-8-24(13-15)20-22-17-12-16(27-2)6-7-18(17)28-20/h6-7,12,15,26H,3-5,8-11,13H2,1-2H3. The van der Waals surface area contributed by atoms with Crippen molar-refractivity contribution >= 4 is 17.1 Å². The molecule has 1 aliphatic heterocycles. The van der Waals surface area contributed by atoms with Crippen molar-refractivity contribution in [3.8, 4) is 5.75 Å². The molecule has 2 aromatic heterocycles. The highest BCUT2D eigenvalue weighted by atomic mass is 16.5. The maximum Gasteiger partial charge on any atom is 0.298 e. The number of benzene rings is 1. The van der Waals surface area contributed by atoms with Gasteiger partial charge < -0.3 is 19.2 Å². The van der Waals surface area contributed by atoms with Crippen LogP contribution in [0.15, 0.2) is 22.6 Å². The van der Waals surface area contributed by atoms with E-state index in [0.29, 0.717) is 24.9 Å². The highest BCUT2D eigenvalue weighted by Crippen LogP contribution is 2.29. The molecule has 0 radical (unpaired) electrons. The zero-order valence-corrected chi connectivity index (χ0v) is 16.5. The molecule has 0 aliphatic carbocycles. The molecule has 150 valence electrons. The van der Waals surface area contributed by atoms with Crippen LogP contribution in [-0.4, -0.2) is 51.7 Å². The Morgan fingerprint density at radius 3 is 3.04 bits per heavy atom. The van der Waals surface area contributed by atoms with Crippen LogP contribution in [-0.2, 0) is 13.0 Å². The third kappa shape index (κ3) is 3.96. The van der Waals surface area contributed by atoms with E-state index in [4.69, 9.17) is 14.3 Å². The minimum Gasteiger partial charge on any atom is -0.497 e. The molecule has 4 rings (SSSR count). The number of aliphatic hydroxyl groups excluding tert-OH is 1. The topological polar surface area (TPSA) is 89.4 Å². The Kier molecular flexibility index (Phi) is 5.47. The number of methoxy groups -OCH3 is 1. The predicted molar refractivity (Wildman–Crippen MR) is 106 cm³/mol. The second kappa shape index (κ2) is 8.18. The number of aromatic nitrogens is 4. The van der Waals surface area contributed by atoms with Gasteiger partial charge in [-0.1, -0.05) is 0 Å². The molecule has 1 unspecified atom stereocenters. The minimum absolute atomic E-state index is 0.165. The van der Waals surface area contributed by atoms with Crippen LogP contribution in [0.2, 0.25) is 0 Å². The van der Waals surface area contributed by atoms with E-state index in [-0.39, 0.29) is 6.61 Å². The van der Waals surface area contributed by atoms with Crippen LogP contribution in [0, 0.1) is 12.8 Å². The monoisotopic (exact) mass is 385 g/mol. The molecule has 1 fully saturated rings. The van der Waals surface area contributed by atoms with Gasteiger partial charge in [-0.2, -0.15) is 10.1 Å². The van der Waals surface area contributed by atoms with E-state index < -0.39 is 0 Å². The average molecular weight is 385 g/mol. The van der Waals surface area contributed by atoms with Crippen molar-refractivity contribution in [1.29, 1.82) is 0 Å². The maximum atomic E-state index is 9.11. The number of rotatable bonds is 7. The first-order valence-electron chi connectivity index (χ1n) is 9.87. The van der Waals surface area contributed by atoms with Gasteiger partial charge in [0.2, 0.25) is 0 Å². The lowest BCUT2D eigenvalue weighted by Crippen LogP contribution is -2.36. The number of aliphatic hydroxyl groups is 1. The van der Waals surface area contributed by atoms with Gasteiger partial charge in [0.15, 0.2) is 5.58 Å². The van der Waals surface area contributed by atoms with Gasteiger partial charge in [-0.15, -0.1) is 0 Å². The largest absolute Gasteiger partial charge is 0.497 e. The summed E-state index contributed by atoms with van der Waals surface area (Å²) in [5, 5.41) is 13.6. The molecule has 1 aliphatic rings. The fourth-order valence-corrected chi connectivity index (χ4v) is 3.87. The molecule has 0 saturated carbocycles. The number of anilines is 1. The van der Waals surface area contributed by atoms with Crippen molar-refractivity contribution < 1.29 is 14.3 Å². The Hall–Kier alpha value is -2.61. The second-order valence-corrected chi connectivity index (χ2v) is 7.36. The fourth-order valence-electron chi connectivity index (χ4n) is 3.87. The van der Waals surface area contributed by atoms with Crippen molar-refractivity contribution in [3.05, 3.63) is 29.8 Å². The van der Waals surface area contributed by atoms with Crippen molar-refractivity contribution in [2.75, 3.05) is 31.7 Å². The van der Waals surface area contributed by atoms with Crippen LogP contribution in [0.25, 0.3) is 11.1 Å². The van der Waals surface area contributed by atoms with Crippen LogP contribution < -0.4 is 9.64 Å². The summed E-state index contributed by atoms with van der Waals surface area (Å²) >= 11 is 0. The molecular formula is C20H27N5O3. The van der Waals surface area contributed by atoms with Gasteiger partial charge in [0.25, 0.3) is 6.01 Å². The summed E-state index contributed by atoms with van der Waals surface area (Å²) < 4.78 is 13.2. The zero-order valence-electron chi connectivity index (χ0n) is 16.5. The van der Waals surface area contributed by atoms with E-state index in [1.807, 2.05) is 29.8 Å². The van der Waals surface area contributed by atoms with Gasteiger partial charge in [-0.3, -0.25) is 0 Å². The number of hydrogen-bond acceptors (Lipinski definition) is 7. The molecule has 1 saturated heterocycles. The first-order chi connectivity index (χ1) is 13.7. The van der Waals surface area contributed by atoms with Crippen molar-refractivity contribution in [2.45, 2.75) is 39.2 Å².